The van der Waals surface area contributed by atoms with Crippen molar-refractivity contribution >= 4 is 20.9 Å². The molecule has 1 atom stereocenters. The van der Waals surface area contributed by atoms with E-state index < -0.39 is 23.5 Å². The predicted molar refractivity (Wildman–Crippen MR) is 230 cm³/mol. The van der Waals surface area contributed by atoms with Gasteiger partial charge in [0.2, 0.25) is 0 Å². The number of rotatable bonds is 1. The second kappa shape index (κ2) is 18.6. The zero-order chi connectivity index (χ0) is 44.2. The van der Waals surface area contributed by atoms with Crippen molar-refractivity contribution in [2.75, 3.05) is 0 Å². The van der Waals surface area contributed by atoms with Crippen LogP contribution < -0.4 is 0 Å². The summed E-state index contributed by atoms with van der Waals surface area (Å²) in [7, 11) is 0. The van der Waals surface area contributed by atoms with Crippen molar-refractivity contribution in [3.63, 3.8) is 0 Å². The molecule has 0 radical (unpaired) electrons. The molecule has 0 amide bonds. The summed E-state index contributed by atoms with van der Waals surface area (Å²) in [5, 5.41) is 0. The molecule has 0 nitrogen and oxygen atoms in total. The third-order valence-corrected chi connectivity index (χ3v) is 10.8. The van der Waals surface area contributed by atoms with Gasteiger partial charge in [0, 0.05) is 5.41 Å². The maximum absolute atomic E-state index is 11.8. The fourth-order valence-electron chi connectivity index (χ4n) is 8.18. The molecule has 5 aromatic rings. The van der Waals surface area contributed by atoms with Gasteiger partial charge >= 0.3 is 40.8 Å². The SMILES string of the molecule is CC1=[C-]C(C)(C)c2cc3c(cc21)-c1cc2c(cc1C3)C(C)(C)C=C2C.CC1=[C-]C(C)C=C1c1ccccc1.FC(F)(F)c1c[c-]ccc1.FC(F)(F)c1c[c-]ccc1.[CH2]=[Zr]. The van der Waals surface area contributed by atoms with Crippen molar-refractivity contribution < 1.29 is 50.6 Å². The van der Waals surface area contributed by atoms with Crippen molar-refractivity contribution in [2.24, 2.45) is 5.92 Å². The minimum absolute atomic E-state index is 0.0340. The summed E-state index contributed by atoms with van der Waals surface area (Å²) < 4.78 is 73.9. The molecule has 0 saturated heterocycles. The summed E-state index contributed by atoms with van der Waals surface area (Å²) in [5.74, 6) is 0.468. The van der Waals surface area contributed by atoms with Gasteiger partial charge in [-0.25, -0.2) is 11.1 Å². The summed E-state index contributed by atoms with van der Waals surface area (Å²) in [6.45, 7) is 18.0. The first-order valence-electron chi connectivity index (χ1n) is 19.6. The third kappa shape index (κ3) is 10.6. The van der Waals surface area contributed by atoms with Crippen LogP contribution in [0.2, 0.25) is 0 Å². The Labute approximate surface area is 366 Å². The van der Waals surface area contributed by atoms with Gasteiger partial charge < -0.3 is 0 Å². The van der Waals surface area contributed by atoms with Crippen molar-refractivity contribution in [1.82, 2.24) is 0 Å². The van der Waals surface area contributed by atoms with Crippen LogP contribution in [0.15, 0.2) is 121 Å². The van der Waals surface area contributed by atoms with Gasteiger partial charge in [-0.15, -0.1) is 17.2 Å². The van der Waals surface area contributed by atoms with Crippen LogP contribution in [0.25, 0.3) is 27.8 Å². The van der Waals surface area contributed by atoms with E-state index in [0.717, 1.165) is 30.7 Å². The van der Waals surface area contributed by atoms with E-state index >= 15 is 0 Å². The molecular weight excluding hydrogens is 842 g/mol. The standard InChI is InChI=1S/C25H25.C13H13.2C7H4F3.CH2.Zr/c1-14-12-24(3,4)22-8-16-7-17-9-23-19(15(2)13-25(23,5)6)11-21(17)20(16)10-18(14)22;1-10-8-11(2)13(9-10)12-6-4-3-5-7-12;2*8-7(9,10)6-4-2-1-3-5-6;;/h8-12H,7H2,1-6H3;3-7,9-10H,1-2H3;2*1-2,4-5H;1H2;/q4*-1;;. The van der Waals surface area contributed by atoms with Crippen LogP contribution in [0.1, 0.15) is 105 Å². The van der Waals surface area contributed by atoms with E-state index in [2.05, 4.69) is 145 Å². The summed E-state index contributed by atoms with van der Waals surface area (Å²) in [4.78, 5) is 0. The van der Waals surface area contributed by atoms with Gasteiger partial charge in [0.05, 0.1) is 0 Å². The molecule has 0 fully saturated rings. The predicted octanol–water partition coefficient (Wildman–Crippen LogP) is 14.9. The van der Waals surface area contributed by atoms with Crippen LogP contribution in [0, 0.1) is 30.2 Å². The van der Waals surface area contributed by atoms with E-state index in [1.807, 2.05) is 6.07 Å². The summed E-state index contributed by atoms with van der Waals surface area (Å²) in [6, 6.07) is 34.3. The minimum atomic E-state index is -4.24. The average molecular weight is 890 g/mol. The molecule has 4 aliphatic rings. The van der Waals surface area contributed by atoms with Crippen molar-refractivity contribution in [1.29, 1.82) is 0 Å². The average Bonchev–Trinajstić information content (AvgIpc) is 3.88. The monoisotopic (exact) mass is 888 g/mol. The van der Waals surface area contributed by atoms with Crippen LogP contribution in [-0.2, 0) is 53.8 Å². The van der Waals surface area contributed by atoms with E-state index in [1.165, 1.54) is 121 Å². The van der Waals surface area contributed by atoms with Crippen molar-refractivity contribution in [2.45, 2.75) is 85.0 Å². The van der Waals surface area contributed by atoms with E-state index in [9.17, 15) is 26.3 Å². The zero-order valence-electron chi connectivity index (χ0n) is 35.2. The van der Waals surface area contributed by atoms with Gasteiger partial charge in [0.15, 0.2) is 0 Å². The fraction of sp³-hybridized carbons (Fsp3) is 0.264. The van der Waals surface area contributed by atoms with Gasteiger partial charge in [-0.05, 0) is 58.4 Å². The number of hydrogen-bond donors (Lipinski definition) is 0. The molecule has 0 spiro atoms. The first kappa shape index (κ1) is 46.5. The third-order valence-electron chi connectivity index (χ3n) is 10.8. The molecule has 0 N–H and O–H groups in total. The molecule has 5 aromatic carbocycles. The number of fused-ring (bicyclic) bond motifs is 5. The topological polar surface area (TPSA) is 0 Å². The molecule has 0 bridgehead atoms. The second-order valence-electron chi connectivity index (χ2n) is 16.3. The van der Waals surface area contributed by atoms with Gasteiger partial charge in [-0.1, -0.05) is 119 Å². The number of allylic oxidation sites excluding steroid dienone is 8. The Kier molecular flexibility index (Phi) is 14.4. The maximum atomic E-state index is 11.8. The Morgan fingerprint density at radius 3 is 1.62 bits per heavy atom. The molecule has 4 aliphatic carbocycles. The van der Waals surface area contributed by atoms with Crippen molar-refractivity contribution in [3.8, 4) is 11.1 Å². The van der Waals surface area contributed by atoms with Crippen LogP contribution in [0.4, 0.5) is 26.3 Å². The molecule has 0 aromatic heterocycles. The molecule has 0 heterocycles. The number of hydrogen-bond acceptors (Lipinski definition) is 0. The normalized spacial score (nSPS) is 17.1. The summed E-state index contributed by atoms with van der Waals surface area (Å²) in [5.41, 5.74) is 17.2. The van der Waals surface area contributed by atoms with Gasteiger partial charge in [-0.3, -0.25) is 12.2 Å². The quantitative estimate of drug-likeness (QED) is 0.114. The van der Waals surface area contributed by atoms with E-state index in [4.69, 9.17) is 0 Å². The Bertz CT molecular complexity index is 2290. The molecule has 60 heavy (non-hydrogen) atoms. The van der Waals surface area contributed by atoms with Crippen LogP contribution in [0.5, 0.6) is 0 Å². The summed E-state index contributed by atoms with van der Waals surface area (Å²) >= 11 is 1.30. The molecule has 0 saturated carbocycles. The van der Waals surface area contributed by atoms with Gasteiger partial charge in [0.1, 0.15) is 0 Å². The van der Waals surface area contributed by atoms with E-state index in [0.29, 0.717) is 5.92 Å². The van der Waals surface area contributed by atoms with Crippen LogP contribution in [-0.4, -0.2) is 4.21 Å². The Balaban J connectivity index is 0.000000165. The van der Waals surface area contributed by atoms with E-state index in [1.54, 1.807) is 0 Å². The first-order chi connectivity index (χ1) is 28.2. The van der Waals surface area contributed by atoms with Crippen LogP contribution >= 0.6 is 0 Å². The molecule has 7 heteroatoms. The Morgan fingerprint density at radius 1 is 0.650 bits per heavy atom. The molecule has 310 valence electrons. The van der Waals surface area contributed by atoms with Gasteiger partial charge in [-0.2, -0.15) is 104 Å². The molecule has 0 aliphatic heterocycles. The number of halogens is 6. The number of alkyl halides is 6. The van der Waals surface area contributed by atoms with E-state index in [-0.39, 0.29) is 10.8 Å². The fourth-order valence-corrected chi connectivity index (χ4v) is 8.18. The number of benzene rings is 5. The Morgan fingerprint density at radius 2 is 1.17 bits per heavy atom. The molecule has 9 rings (SSSR count). The molecule has 1 unspecified atom stereocenters. The summed E-state index contributed by atoms with van der Waals surface area (Å²) in [6.07, 6.45) is 4.32. The first-order valence-corrected chi connectivity index (χ1v) is 21.4. The molecular formula is C53H48F6Zr-4. The Hall–Kier alpha value is -4.61. The zero-order valence-corrected chi connectivity index (χ0v) is 37.7. The van der Waals surface area contributed by atoms with Gasteiger partial charge in [0.25, 0.3) is 0 Å². The van der Waals surface area contributed by atoms with Crippen molar-refractivity contribution in [3.05, 3.63) is 195 Å². The van der Waals surface area contributed by atoms with Crippen LogP contribution in [0.3, 0.4) is 0 Å². The second-order valence-corrected chi connectivity index (χ2v) is 16.3.